The minimum Gasteiger partial charge on any atom is -0.491 e. The molecule has 3 fully saturated rings. The molecular formula is C26H26F5N3O3. The van der Waals surface area contributed by atoms with Gasteiger partial charge < -0.3 is 14.9 Å². The Balaban J connectivity index is 1.31. The molecule has 37 heavy (non-hydrogen) atoms. The summed E-state index contributed by atoms with van der Waals surface area (Å²) in [7, 11) is 0. The molecule has 1 heterocycles. The predicted octanol–water partition coefficient (Wildman–Crippen LogP) is 4.50. The van der Waals surface area contributed by atoms with Gasteiger partial charge in [0.05, 0.1) is 6.54 Å². The summed E-state index contributed by atoms with van der Waals surface area (Å²) in [5.74, 6) is -1.75. The lowest BCUT2D eigenvalue weighted by molar-refractivity contribution is -0.231. The minimum absolute atomic E-state index is 0.00165. The van der Waals surface area contributed by atoms with Crippen molar-refractivity contribution in [3.8, 4) is 5.75 Å². The Morgan fingerprint density at radius 1 is 1.08 bits per heavy atom. The van der Waals surface area contributed by atoms with Crippen LogP contribution in [0, 0.1) is 23.0 Å². The molecule has 3 aliphatic carbocycles. The highest BCUT2D eigenvalue weighted by atomic mass is 19.4. The standard InChI is InChI=1S/C26H26F5N3O3/c1-16(25(36,13-34-15-32-14-33-34)20-7-4-18(27)8-21(20)28)23-10-24(11-23,12-23)17-2-5-19(6-3-17)37-9-22(35)26(29,30)31/h2-8,14-16,22,35-36H,9-13H2,1H3/t16?,22-,23?,24?,25-/m0/s1. The summed E-state index contributed by atoms with van der Waals surface area (Å²) >= 11 is 0. The first kappa shape index (κ1) is 25.6. The second-order valence-electron chi connectivity index (χ2n) is 10.4. The summed E-state index contributed by atoms with van der Waals surface area (Å²) in [4.78, 5) is 3.90. The van der Waals surface area contributed by atoms with Crippen LogP contribution in [0.1, 0.15) is 37.3 Å². The van der Waals surface area contributed by atoms with Gasteiger partial charge in [-0.2, -0.15) is 18.3 Å². The number of hydrogen-bond donors (Lipinski definition) is 2. The first-order valence-corrected chi connectivity index (χ1v) is 11.9. The van der Waals surface area contributed by atoms with E-state index in [9.17, 15) is 27.1 Å². The summed E-state index contributed by atoms with van der Waals surface area (Å²) in [6, 6.07) is 9.89. The van der Waals surface area contributed by atoms with E-state index >= 15 is 0 Å². The van der Waals surface area contributed by atoms with Crippen LogP contribution in [0.2, 0.25) is 0 Å². The number of aromatic nitrogens is 3. The number of alkyl halides is 3. The molecule has 0 spiro atoms. The van der Waals surface area contributed by atoms with Gasteiger partial charge in [0.2, 0.25) is 0 Å². The van der Waals surface area contributed by atoms with Gasteiger partial charge in [0.15, 0.2) is 6.10 Å². The van der Waals surface area contributed by atoms with Gasteiger partial charge in [0.25, 0.3) is 0 Å². The van der Waals surface area contributed by atoms with Crippen LogP contribution in [0.5, 0.6) is 5.75 Å². The molecule has 2 bridgehead atoms. The smallest absolute Gasteiger partial charge is 0.417 e. The van der Waals surface area contributed by atoms with Crippen molar-refractivity contribution < 1.29 is 36.9 Å². The fourth-order valence-corrected chi connectivity index (χ4v) is 6.17. The Morgan fingerprint density at radius 3 is 2.32 bits per heavy atom. The van der Waals surface area contributed by atoms with Gasteiger partial charge in [-0.3, -0.25) is 0 Å². The third kappa shape index (κ3) is 4.37. The number of ether oxygens (including phenoxy) is 1. The molecule has 0 saturated heterocycles. The summed E-state index contributed by atoms with van der Waals surface area (Å²) in [6.07, 6.45) is -2.36. The molecule has 0 aliphatic heterocycles. The molecule has 0 amide bonds. The highest BCUT2D eigenvalue weighted by Gasteiger charge is 2.72. The van der Waals surface area contributed by atoms with Crippen molar-refractivity contribution in [3.05, 3.63) is 77.9 Å². The monoisotopic (exact) mass is 523 g/mol. The molecule has 0 radical (unpaired) electrons. The Morgan fingerprint density at radius 2 is 1.76 bits per heavy atom. The number of rotatable bonds is 9. The van der Waals surface area contributed by atoms with Gasteiger partial charge >= 0.3 is 6.18 Å². The third-order valence-corrected chi connectivity index (χ3v) is 8.23. The Hall–Kier alpha value is -3.05. The van der Waals surface area contributed by atoms with Gasteiger partial charge in [0, 0.05) is 11.6 Å². The largest absolute Gasteiger partial charge is 0.491 e. The van der Waals surface area contributed by atoms with Crippen LogP contribution in [0.4, 0.5) is 22.0 Å². The minimum atomic E-state index is -4.75. The average molecular weight is 524 g/mol. The summed E-state index contributed by atoms with van der Waals surface area (Å²) < 4.78 is 72.4. The first-order chi connectivity index (χ1) is 17.4. The number of aliphatic hydroxyl groups is 2. The van der Waals surface area contributed by atoms with E-state index in [1.54, 1.807) is 24.3 Å². The Labute approximate surface area is 209 Å². The molecule has 2 aromatic carbocycles. The van der Waals surface area contributed by atoms with E-state index in [2.05, 4.69) is 10.1 Å². The zero-order chi connectivity index (χ0) is 26.6. The molecular weight excluding hydrogens is 497 g/mol. The number of benzene rings is 2. The topological polar surface area (TPSA) is 80.4 Å². The number of hydrogen-bond acceptors (Lipinski definition) is 5. The van der Waals surface area contributed by atoms with Gasteiger partial charge in [-0.25, -0.2) is 18.4 Å². The van der Waals surface area contributed by atoms with E-state index in [-0.39, 0.29) is 28.7 Å². The molecule has 11 heteroatoms. The van der Waals surface area contributed by atoms with Crippen LogP contribution in [0.3, 0.4) is 0 Å². The SMILES string of the molecule is CC(C12CC(c3ccc(OC[C@H](O)C(F)(F)F)cc3)(C1)C2)[C@@](O)(Cn1cncn1)c1ccc(F)cc1F. The summed E-state index contributed by atoms with van der Waals surface area (Å²) in [5.41, 5.74) is -1.10. The van der Waals surface area contributed by atoms with Crippen molar-refractivity contribution in [3.63, 3.8) is 0 Å². The van der Waals surface area contributed by atoms with Crippen LogP contribution in [-0.4, -0.2) is 43.9 Å². The fourth-order valence-electron chi connectivity index (χ4n) is 6.17. The van der Waals surface area contributed by atoms with Crippen molar-refractivity contribution >= 4 is 0 Å². The quantitative estimate of drug-likeness (QED) is 0.404. The van der Waals surface area contributed by atoms with Gasteiger partial charge in [-0.15, -0.1) is 0 Å². The van der Waals surface area contributed by atoms with Crippen LogP contribution >= 0.6 is 0 Å². The van der Waals surface area contributed by atoms with E-state index in [4.69, 9.17) is 9.84 Å². The molecule has 1 unspecified atom stereocenters. The molecule has 3 atom stereocenters. The van der Waals surface area contributed by atoms with E-state index in [0.717, 1.165) is 37.0 Å². The second kappa shape index (κ2) is 8.76. The number of aliphatic hydroxyl groups excluding tert-OH is 1. The van der Waals surface area contributed by atoms with Crippen LogP contribution in [0.25, 0.3) is 0 Å². The zero-order valence-corrected chi connectivity index (χ0v) is 19.9. The van der Waals surface area contributed by atoms with Crippen molar-refractivity contribution in [2.75, 3.05) is 6.61 Å². The van der Waals surface area contributed by atoms with Crippen molar-refractivity contribution in [1.82, 2.24) is 14.8 Å². The van der Waals surface area contributed by atoms with Crippen molar-refractivity contribution in [1.29, 1.82) is 0 Å². The highest BCUT2D eigenvalue weighted by molar-refractivity contribution is 5.43. The highest BCUT2D eigenvalue weighted by Crippen LogP contribution is 2.78. The van der Waals surface area contributed by atoms with Crippen LogP contribution in [0.15, 0.2) is 55.1 Å². The molecule has 3 aromatic rings. The van der Waals surface area contributed by atoms with E-state index < -0.39 is 42.0 Å². The maximum atomic E-state index is 14.9. The predicted molar refractivity (Wildman–Crippen MR) is 121 cm³/mol. The molecule has 198 valence electrons. The van der Waals surface area contributed by atoms with Gasteiger partial charge in [-0.1, -0.05) is 25.1 Å². The second-order valence-corrected chi connectivity index (χ2v) is 10.4. The lowest BCUT2D eigenvalue weighted by Gasteiger charge is -2.75. The fraction of sp³-hybridized carbons (Fsp3) is 0.462. The van der Waals surface area contributed by atoms with Crippen molar-refractivity contribution in [2.24, 2.45) is 11.3 Å². The van der Waals surface area contributed by atoms with E-state index in [0.29, 0.717) is 0 Å². The Kier molecular flexibility index (Phi) is 6.06. The molecule has 2 N–H and O–H groups in total. The van der Waals surface area contributed by atoms with E-state index in [1.807, 2.05) is 6.92 Å². The third-order valence-electron chi connectivity index (χ3n) is 8.23. The molecule has 6 rings (SSSR count). The maximum Gasteiger partial charge on any atom is 0.417 e. The van der Waals surface area contributed by atoms with Crippen molar-refractivity contribution in [2.45, 2.75) is 56.0 Å². The molecule has 3 saturated carbocycles. The summed E-state index contributed by atoms with van der Waals surface area (Å²) in [5, 5.41) is 25.1. The number of halogens is 5. The molecule has 1 aromatic heterocycles. The number of nitrogens with zero attached hydrogens (tertiary/aromatic N) is 3. The van der Waals surface area contributed by atoms with Crippen LogP contribution in [-0.2, 0) is 17.6 Å². The lowest BCUT2D eigenvalue weighted by atomic mass is 9.29. The van der Waals surface area contributed by atoms with E-state index in [1.165, 1.54) is 23.4 Å². The first-order valence-electron chi connectivity index (χ1n) is 11.9. The molecule has 6 nitrogen and oxygen atoms in total. The van der Waals surface area contributed by atoms with Crippen LogP contribution < -0.4 is 4.74 Å². The Bertz CT molecular complexity index is 1250. The lowest BCUT2D eigenvalue weighted by Crippen LogP contribution is -2.70. The average Bonchev–Trinajstić information content (AvgIpc) is 3.28. The maximum absolute atomic E-state index is 14.9. The zero-order valence-electron chi connectivity index (χ0n) is 19.9. The van der Waals surface area contributed by atoms with Gasteiger partial charge in [-0.05, 0) is 59.8 Å². The molecule has 3 aliphatic rings. The normalized spacial score (nSPS) is 25.9. The van der Waals surface area contributed by atoms with Gasteiger partial charge in [0.1, 0.15) is 42.2 Å². The summed E-state index contributed by atoms with van der Waals surface area (Å²) in [6.45, 7) is 0.923.